The van der Waals surface area contributed by atoms with Crippen LogP contribution in [0.1, 0.15) is 23.2 Å². The smallest absolute Gasteiger partial charge is 0.257 e. The third-order valence-corrected chi connectivity index (χ3v) is 4.68. The molecule has 0 saturated carbocycles. The van der Waals surface area contributed by atoms with Crippen molar-refractivity contribution in [2.24, 2.45) is 5.92 Å². The number of aromatic hydroxyl groups is 1. The van der Waals surface area contributed by atoms with Crippen LogP contribution in [-0.4, -0.2) is 52.9 Å². The summed E-state index contributed by atoms with van der Waals surface area (Å²) in [5.74, 6) is -0.387. The summed E-state index contributed by atoms with van der Waals surface area (Å²) in [5, 5.41) is 10.3. The summed E-state index contributed by atoms with van der Waals surface area (Å²) in [6.07, 6.45) is 1.74. The average Bonchev–Trinajstić information content (AvgIpc) is 2.72. The van der Waals surface area contributed by atoms with Crippen LogP contribution < -0.4 is 0 Å². The van der Waals surface area contributed by atoms with E-state index in [1.807, 2.05) is 0 Å². The molecule has 3 saturated heterocycles. The Labute approximate surface area is 128 Å². The molecule has 3 heterocycles. The van der Waals surface area contributed by atoms with Gasteiger partial charge in [0.05, 0.1) is 11.5 Å². The Kier molecular flexibility index (Phi) is 3.53. The number of halogens is 1. The quantitative estimate of drug-likeness (QED) is 0.859. The van der Waals surface area contributed by atoms with E-state index >= 15 is 0 Å². The number of phenols is 1. The van der Waals surface area contributed by atoms with Gasteiger partial charge in [-0.15, -0.1) is 0 Å². The molecular formula is C15H17ClN2O3. The lowest BCUT2D eigenvalue weighted by Gasteiger charge is -2.32. The van der Waals surface area contributed by atoms with Crippen molar-refractivity contribution in [2.45, 2.75) is 18.9 Å². The van der Waals surface area contributed by atoms with Crippen molar-refractivity contribution in [3.8, 4) is 5.75 Å². The molecule has 4 rings (SSSR count). The Morgan fingerprint density at radius 2 is 2.10 bits per heavy atom. The number of carbonyl (C=O) groups excluding carboxylic acids is 2. The zero-order valence-corrected chi connectivity index (χ0v) is 12.5. The number of hydrogen-bond acceptors (Lipinski definition) is 3. The number of rotatable bonds is 1. The second-order valence-corrected chi connectivity index (χ2v) is 6.19. The third-order valence-electron chi connectivity index (χ3n) is 4.44. The molecule has 3 aliphatic heterocycles. The number of phenolic OH excluding ortho intramolecular Hbond substituents is 1. The van der Waals surface area contributed by atoms with Crippen LogP contribution in [0, 0.1) is 5.92 Å². The normalized spacial score (nSPS) is 25.1. The van der Waals surface area contributed by atoms with E-state index in [1.54, 1.807) is 22.9 Å². The number of nitrogens with zero attached hydrogens (tertiary/aromatic N) is 2. The standard InChI is InChI=1S/C15H17ClN2O3/c1-17-11-4-2-9(14(17)20)7-18(8-11)15(21)12-5-3-10(16)6-13(12)19/h3,5-6,9,11,19H,2,4,7-8H2,1H3/t9-,11+/m0/s1. The first-order valence-electron chi connectivity index (χ1n) is 7.02. The zero-order valence-electron chi connectivity index (χ0n) is 11.8. The van der Waals surface area contributed by atoms with Crippen LogP contribution in [0.4, 0.5) is 0 Å². The van der Waals surface area contributed by atoms with Crippen molar-refractivity contribution in [2.75, 3.05) is 20.1 Å². The van der Waals surface area contributed by atoms with E-state index in [2.05, 4.69) is 0 Å². The second-order valence-electron chi connectivity index (χ2n) is 5.75. The van der Waals surface area contributed by atoms with Crippen molar-refractivity contribution in [1.82, 2.24) is 9.80 Å². The molecule has 3 fully saturated rings. The van der Waals surface area contributed by atoms with Crippen molar-refractivity contribution >= 4 is 23.4 Å². The molecule has 1 N–H and O–H groups in total. The van der Waals surface area contributed by atoms with Crippen molar-refractivity contribution in [3.63, 3.8) is 0 Å². The number of piperidine rings is 1. The minimum absolute atomic E-state index is 0.0645. The maximum Gasteiger partial charge on any atom is 0.257 e. The summed E-state index contributed by atoms with van der Waals surface area (Å²) in [6, 6.07) is 4.53. The van der Waals surface area contributed by atoms with Crippen molar-refractivity contribution in [3.05, 3.63) is 28.8 Å². The number of hydrogen-bond donors (Lipinski definition) is 1. The minimum atomic E-state index is -0.246. The van der Waals surface area contributed by atoms with Crippen LogP contribution in [0.25, 0.3) is 0 Å². The van der Waals surface area contributed by atoms with Gasteiger partial charge in [0.15, 0.2) is 0 Å². The van der Waals surface area contributed by atoms with Crippen molar-refractivity contribution in [1.29, 1.82) is 0 Å². The van der Waals surface area contributed by atoms with Gasteiger partial charge in [-0.1, -0.05) is 11.6 Å². The molecule has 0 spiro atoms. The van der Waals surface area contributed by atoms with Gasteiger partial charge in [-0.3, -0.25) is 9.59 Å². The predicted octanol–water partition coefficient (Wildman–Crippen LogP) is 1.74. The molecular weight excluding hydrogens is 292 g/mol. The van der Waals surface area contributed by atoms with Gasteiger partial charge in [-0.05, 0) is 31.0 Å². The van der Waals surface area contributed by atoms with Crippen LogP contribution in [0.5, 0.6) is 5.75 Å². The Bertz CT molecular complexity index is 605. The number of benzene rings is 1. The lowest BCUT2D eigenvalue weighted by Crippen LogP contribution is -2.45. The lowest BCUT2D eigenvalue weighted by atomic mass is 9.95. The maximum atomic E-state index is 12.6. The first-order valence-corrected chi connectivity index (χ1v) is 7.39. The van der Waals surface area contributed by atoms with Crippen LogP contribution >= 0.6 is 11.6 Å². The Balaban J connectivity index is 1.87. The highest BCUT2D eigenvalue weighted by Gasteiger charge is 2.40. The van der Waals surface area contributed by atoms with E-state index < -0.39 is 0 Å². The van der Waals surface area contributed by atoms with E-state index in [-0.39, 0.29) is 35.1 Å². The Morgan fingerprint density at radius 3 is 2.81 bits per heavy atom. The summed E-state index contributed by atoms with van der Waals surface area (Å²) in [5.41, 5.74) is 0.232. The summed E-state index contributed by atoms with van der Waals surface area (Å²) in [6.45, 7) is 0.931. The number of likely N-dealkylation sites (N-methyl/N-ethyl adjacent to an activating group) is 1. The van der Waals surface area contributed by atoms with Gasteiger partial charge in [-0.25, -0.2) is 0 Å². The molecule has 1 aromatic carbocycles. The SMILES string of the molecule is CN1C(=O)[C@H]2CC[C@@H]1CN(C(=O)c1ccc(Cl)cc1O)C2. The van der Waals surface area contributed by atoms with Crippen LogP contribution in [0.2, 0.25) is 5.02 Å². The van der Waals surface area contributed by atoms with E-state index in [0.717, 1.165) is 12.8 Å². The minimum Gasteiger partial charge on any atom is -0.507 e. The molecule has 21 heavy (non-hydrogen) atoms. The topological polar surface area (TPSA) is 60.9 Å². The molecule has 2 atom stereocenters. The predicted molar refractivity (Wildman–Crippen MR) is 78.3 cm³/mol. The van der Waals surface area contributed by atoms with Crippen molar-refractivity contribution < 1.29 is 14.7 Å². The molecule has 0 unspecified atom stereocenters. The lowest BCUT2D eigenvalue weighted by molar-refractivity contribution is -0.138. The molecule has 5 nitrogen and oxygen atoms in total. The molecule has 0 aromatic heterocycles. The van der Waals surface area contributed by atoms with E-state index in [0.29, 0.717) is 18.1 Å². The van der Waals surface area contributed by atoms with Gasteiger partial charge in [0, 0.05) is 31.2 Å². The molecule has 1 aromatic rings. The summed E-state index contributed by atoms with van der Waals surface area (Å²) in [4.78, 5) is 28.2. The highest BCUT2D eigenvalue weighted by molar-refractivity contribution is 6.30. The van der Waals surface area contributed by atoms with Gasteiger partial charge >= 0.3 is 0 Å². The fourth-order valence-electron chi connectivity index (χ4n) is 3.18. The number of amides is 2. The maximum absolute atomic E-state index is 12.6. The second kappa shape index (κ2) is 5.22. The fourth-order valence-corrected chi connectivity index (χ4v) is 3.34. The summed E-state index contributed by atoms with van der Waals surface area (Å²) in [7, 11) is 1.80. The zero-order chi connectivity index (χ0) is 15.1. The highest BCUT2D eigenvalue weighted by atomic mass is 35.5. The first-order chi connectivity index (χ1) is 9.97. The summed E-state index contributed by atoms with van der Waals surface area (Å²) < 4.78 is 0. The third kappa shape index (κ3) is 2.46. The highest BCUT2D eigenvalue weighted by Crippen LogP contribution is 2.30. The van der Waals surface area contributed by atoms with Gasteiger partial charge in [-0.2, -0.15) is 0 Å². The monoisotopic (exact) mass is 308 g/mol. The van der Waals surface area contributed by atoms with Gasteiger partial charge in [0.25, 0.3) is 5.91 Å². The van der Waals surface area contributed by atoms with E-state index in [9.17, 15) is 14.7 Å². The molecule has 2 amide bonds. The van der Waals surface area contributed by atoms with Gasteiger partial charge in [0.2, 0.25) is 5.91 Å². The fraction of sp³-hybridized carbons (Fsp3) is 0.467. The van der Waals surface area contributed by atoms with Crippen LogP contribution in [-0.2, 0) is 4.79 Å². The Hall–Kier alpha value is -1.75. The van der Waals surface area contributed by atoms with E-state index in [4.69, 9.17) is 11.6 Å². The number of carbonyl (C=O) groups is 2. The summed E-state index contributed by atoms with van der Waals surface area (Å²) >= 11 is 5.79. The molecule has 0 radical (unpaired) electrons. The largest absolute Gasteiger partial charge is 0.507 e. The molecule has 6 heteroatoms. The van der Waals surface area contributed by atoms with Gasteiger partial charge < -0.3 is 14.9 Å². The van der Waals surface area contributed by atoms with E-state index in [1.165, 1.54) is 12.1 Å². The van der Waals surface area contributed by atoms with Crippen LogP contribution in [0.3, 0.4) is 0 Å². The number of fused-ring (bicyclic) bond motifs is 4. The molecule has 2 bridgehead atoms. The van der Waals surface area contributed by atoms with Gasteiger partial charge in [0.1, 0.15) is 5.75 Å². The molecule has 0 aliphatic carbocycles. The first kappa shape index (κ1) is 14.2. The Morgan fingerprint density at radius 1 is 1.33 bits per heavy atom. The molecule has 112 valence electrons. The molecule has 3 aliphatic rings. The average molecular weight is 309 g/mol. The van der Waals surface area contributed by atoms with Crippen LogP contribution in [0.15, 0.2) is 18.2 Å².